The summed E-state index contributed by atoms with van der Waals surface area (Å²) in [5, 5.41) is 11.8. The third kappa shape index (κ3) is 5.28. The molecule has 0 aliphatic rings. The van der Waals surface area contributed by atoms with Gasteiger partial charge in [-0.2, -0.15) is 5.10 Å². The van der Waals surface area contributed by atoms with Crippen LogP contribution in [0.15, 0.2) is 30.6 Å². The Labute approximate surface area is 191 Å². The van der Waals surface area contributed by atoms with Gasteiger partial charge in [0.1, 0.15) is 5.75 Å². The van der Waals surface area contributed by atoms with Crippen molar-refractivity contribution in [3.63, 3.8) is 0 Å². The van der Waals surface area contributed by atoms with Crippen molar-refractivity contribution < 1.29 is 19.1 Å². The molecule has 0 aliphatic heterocycles. The van der Waals surface area contributed by atoms with Crippen LogP contribution >= 0.6 is 11.6 Å². The second-order valence-corrected chi connectivity index (χ2v) is 7.41. The van der Waals surface area contributed by atoms with Gasteiger partial charge < -0.3 is 20.1 Å². The predicted molar refractivity (Wildman–Crippen MR) is 122 cm³/mol. The molecular formula is C22H26ClN5O4. The first kappa shape index (κ1) is 23.3. The molecule has 170 valence electrons. The number of benzene rings is 1. The van der Waals surface area contributed by atoms with Gasteiger partial charge in [0.05, 0.1) is 42.1 Å². The number of methoxy groups -OCH3 is 2. The van der Waals surface area contributed by atoms with Crippen molar-refractivity contribution in [3.05, 3.63) is 46.7 Å². The number of hydrogen-bond donors (Lipinski definition) is 2. The average molecular weight is 460 g/mol. The number of hydrogen-bond acceptors (Lipinski definition) is 7. The molecule has 0 aliphatic carbocycles. The number of pyridine rings is 1. The van der Waals surface area contributed by atoms with Crippen LogP contribution in [0.1, 0.15) is 35.7 Å². The van der Waals surface area contributed by atoms with Crippen LogP contribution in [-0.2, 0) is 22.6 Å². The summed E-state index contributed by atoms with van der Waals surface area (Å²) in [6, 6.07) is 5.51. The fourth-order valence-electron chi connectivity index (χ4n) is 3.26. The second-order valence-electron chi connectivity index (χ2n) is 7.00. The zero-order valence-electron chi connectivity index (χ0n) is 18.3. The maximum Gasteiger partial charge on any atom is 0.305 e. The molecule has 2 N–H and O–H groups in total. The Balaban J connectivity index is 1.83. The third-order valence-corrected chi connectivity index (χ3v) is 5.26. The first-order chi connectivity index (χ1) is 15.5. The summed E-state index contributed by atoms with van der Waals surface area (Å²) in [4.78, 5) is 28.6. The molecule has 0 spiro atoms. The maximum atomic E-state index is 12.9. The van der Waals surface area contributed by atoms with E-state index in [1.54, 1.807) is 24.1 Å². The van der Waals surface area contributed by atoms with Crippen molar-refractivity contribution in [2.75, 3.05) is 26.1 Å². The molecule has 0 radical (unpaired) electrons. The molecule has 10 heteroatoms. The monoisotopic (exact) mass is 459 g/mol. The number of nitrogens with one attached hydrogen (secondary N) is 2. The second kappa shape index (κ2) is 10.8. The Morgan fingerprint density at radius 1 is 1.22 bits per heavy atom. The van der Waals surface area contributed by atoms with Gasteiger partial charge in [0.15, 0.2) is 5.65 Å². The Hall–Kier alpha value is -3.33. The van der Waals surface area contributed by atoms with E-state index in [0.717, 1.165) is 10.9 Å². The summed E-state index contributed by atoms with van der Waals surface area (Å²) in [7, 11) is 2.90. The number of aryl methyl sites for hydroxylation is 1. The number of esters is 1. The van der Waals surface area contributed by atoms with Gasteiger partial charge in [-0.15, -0.1) is 0 Å². The molecule has 0 saturated carbocycles. The molecule has 1 aromatic carbocycles. The lowest BCUT2D eigenvalue weighted by molar-refractivity contribution is -0.140. The fraction of sp³-hybridized carbons (Fsp3) is 0.364. The lowest BCUT2D eigenvalue weighted by Gasteiger charge is -2.14. The van der Waals surface area contributed by atoms with Crippen LogP contribution in [0.5, 0.6) is 5.75 Å². The Bertz CT molecular complexity index is 1120. The number of rotatable bonds is 10. The summed E-state index contributed by atoms with van der Waals surface area (Å²) in [6.07, 6.45) is 3.95. The topological polar surface area (TPSA) is 107 Å². The quantitative estimate of drug-likeness (QED) is 0.353. The van der Waals surface area contributed by atoms with E-state index in [-0.39, 0.29) is 18.3 Å². The van der Waals surface area contributed by atoms with E-state index in [0.29, 0.717) is 53.7 Å². The number of carbonyl (C=O) groups excluding carboxylic acids is 2. The molecule has 9 nitrogen and oxygen atoms in total. The lowest BCUT2D eigenvalue weighted by Crippen LogP contribution is -2.26. The van der Waals surface area contributed by atoms with E-state index < -0.39 is 0 Å². The van der Waals surface area contributed by atoms with Crippen molar-refractivity contribution in [1.29, 1.82) is 0 Å². The molecule has 0 atom stereocenters. The number of halogens is 1. The smallest absolute Gasteiger partial charge is 0.305 e. The zero-order chi connectivity index (χ0) is 23.1. The number of carbonyl (C=O) groups is 2. The Morgan fingerprint density at radius 3 is 2.72 bits per heavy atom. The van der Waals surface area contributed by atoms with Crippen molar-refractivity contribution in [2.45, 2.75) is 32.9 Å². The van der Waals surface area contributed by atoms with E-state index in [4.69, 9.17) is 16.3 Å². The van der Waals surface area contributed by atoms with Crippen molar-refractivity contribution >= 4 is 40.2 Å². The van der Waals surface area contributed by atoms with E-state index in [1.807, 2.05) is 19.1 Å². The highest BCUT2D eigenvalue weighted by Gasteiger charge is 2.18. The summed E-state index contributed by atoms with van der Waals surface area (Å²) in [5.74, 6) is -0.00318. The molecule has 0 saturated heterocycles. The summed E-state index contributed by atoms with van der Waals surface area (Å²) in [6.45, 7) is 3.40. The maximum absolute atomic E-state index is 12.9. The molecule has 1 amide bonds. The van der Waals surface area contributed by atoms with Crippen LogP contribution in [0.3, 0.4) is 0 Å². The molecular weight excluding hydrogens is 434 g/mol. The first-order valence-electron chi connectivity index (χ1n) is 10.2. The zero-order valence-corrected chi connectivity index (χ0v) is 19.0. The van der Waals surface area contributed by atoms with Crippen LogP contribution in [0.4, 0.5) is 5.69 Å². The van der Waals surface area contributed by atoms with Crippen LogP contribution in [0.2, 0.25) is 5.02 Å². The van der Waals surface area contributed by atoms with Crippen molar-refractivity contribution in [3.8, 4) is 5.75 Å². The number of anilines is 1. The van der Waals surface area contributed by atoms with Gasteiger partial charge in [-0.05, 0) is 31.0 Å². The van der Waals surface area contributed by atoms with Crippen molar-refractivity contribution in [1.82, 2.24) is 20.1 Å². The number of fused-ring (bicyclic) bond motifs is 1. The minimum atomic E-state index is -0.310. The Morgan fingerprint density at radius 2 is 2.03 bits per heavy atom. The van der Waals surface area contributed by atoms with Gasteiger partial charge in [-0.25, -0.2) is 9.67 Å². The summed E-state index contributed by atoms with van der Waals surface area (Å²) >= 11 is 6.24. The normalized spacial score (nSPS) is 10.8. The number of nitrogens with zero attached hydrogens (tertiary/aromatic N) is 3. The molecule has 3 rings (SSSR count). The SMILES string of the molecule is CCn1ncc2c(NCc3ccc(OC)c(Cl)c3)c(C(=O)NCCCC(=O)OC)cnc21. The molecule has 2 heterocycles. The lowest BCUT2D eigenvalue weighted by atomic mass is 10.1. The molecule has 0 bridgehead atoms. The van der Waals surface area contributed by atoms with E-state index >= 15 is 0 Å². The fourth-order valence-corrected chi connectivity index (χ4v) is 3.54. The molecule has 2 aromatic heterocycles. The first-order valence-corrected chi connectivity index (χ1v) is 10.6. The Kier molecular flexibility index (Phi) is 7.88. The van der Waals surface area contributed by atoms with E-state index in [2.05, 4.69) is 25.5 Å². The number of amides is 1. The van der Waals surface area contributed by atoms with Gasteiger partial charge >= 0.3 is 5.97 Å². The van der Waals surface area contributed by atoms with E-state index in [9.17, 15) is 9.59 Å². The van der Waals surface area contributed by atoms with Crippen LogP contribution in [0, 0.1) is 0 Å². The minimum Gasteiger partial charge on any atom is -0.495 e. The van der Waals surface area contributed by atoms with Gasteiger partial charge in [0.2, 0.25) is 0 Å². The van der Waals surface area contributed by atoms with E-state index in [1.165, 1.54) is 13.3 Å². The highest BCUT2D eigenvalue weighted by molar-refractivity contribution is 6.32. The number of ether oxygens (including phenoxy) is 2. The van der Waals surface area contributed by atoms with Gasteiger partial charge in [0, 0.05) is 32.3 Å². The molecule has 32 heavy (non-hydrogen) atoms. The standard InChI is InChI=1S/C22H26ClN5O4/c1-4-28-21-15(13-27-28)20(25-11-14-7-8-18(31-2)17(23)10-14)16(12-26-21)22(30)24-9-5-6-19(29)32-3/h7-8,10,12-13H,4-6,9,11H2,1-3H3,(H,24,30)(H,25,26). The summed E-state index contributed by atoms with van der Waals surface area (Å²) in [5.41, 5.74) is 2.64. The highest BCUT2D eigenvalue weighted by atomic mass is 35.5. The largest absolute Gasteiger partial charge is 0.495 e. The van der Waals surface area contributed by atoms with Gasteiger partial charge in [0.25, 0.3) is 5.91 Å². The van der Waals surface area contributed by atoms with Crippen LogP contribution in [0.25, 0.3) is 11.0 Å². The van der Waals surface area contributed by atoms with Gasteiger partial charge in [-0.1, -0.05) is 17.7 Å². The average Bonchev–Trinajstić information content (AvgIpc) is 3.23. The van der Waals surface area contributed by atoms with Crippen molar-refractivity contribution in [2.24, 2.45) is 0 Å². The molecule has 0 unspecified atom stereocenters. The molecule has 3 aromatic rings. The highest BCUT2D eigenvalue weighted by Crippen LogP contribution is 2.28. The van der Waals surface area contributed by atoms with Gasteiger partial charge in [-0.3, -0.25) is 9.59 Å². The third-order valence-electron chi connectivity index (χ3n) is 4.97. The number of aromatic nitrogens is 3. The molecule has 0 fully saturated rings. The minimum absolute atomic E-state index is 0.237. The predicted octanol–water partition coefficient (Wildman–Crippen LogP) is 3.41. The van der Waals surface area contributed by atoms with Crippen LogP contribution in [-0.4, -0.2) is 47.4 Å². The summed E-state index contributed by atoms with van der Waals surface area (Å²) < 4.78 is 11.6. The van der Waals surface area contributed by atoms with Crippen LogP contribution < -0.4 is 15.4 Å².